The zero-order valence-electron chi connectivity index (χ0n) is 17.1. The molecule has 5 heteroatoms. The highest BCUT2D eigenvalue weighted by molar-refractivity contribution is 5.96. The summed E-state index contributed by atoms with van der Waals surface area (Å²) in [7, 11) is 0. The first-order valence-corrected chi connectivity index (χ1v) is 10.1. The number of nitrogens with one attached hydrogen (secondary N) is 2. The summed E-state index contributed by atoms with van der Waals surface area (Å²) in [6, 6.07) is 24.7. The smallest absolute Gasteiger partial charge is 0.262 e. The van der Waals surface area contributed by atoms with Gasteiger partial charge in [-0.25, -0.2) is 0 Å². The first-order chi connectivity index (χ1) is 14.7. The molecule has 3 rings (SSSR count). The minimum absolute atomic E-state index is 0.0927. The van der Waals surface area contributed by atoms with E-state index in [1.807, 2.05) is 49.4 Å². The maximum absolute atomic E-state index is 12.3. The Labute approximate surface area is 177 Å². The van der Waals surface area contributed by atoms with Gasteiger partial charge in [0.05, 0.1) is 0 Å². The van der Waals surface area contributed by atoms with E-state index in [-0.39, 0.29) is 18.4 Å². The van der Waals surface area contributed by atoms with Gasteiger partial charge in [0, 0.05) is 24.2 Å². The van der Waals surface area contributed by atoms with E-state index in [9.17, 15) is 9.59 Å². The highest BCUT2D eigenvalue weighted by Gasteiger charge is 2.09. The summed E-state index contributed by atoms with van der Waals surface area (Å²) in [6.45, 7) is 2.55. The maximum Gasteiger partial charge on any atom is 0.262 e. The van der Waals surface area contributed by atoms with E-state index in [2.05, 4.69) is 22.8 Å². The van der Waals surface area contributed by atoms with E-state index in [0.29, 0.717) is 23.5 Å². The summed E-state index contributed by atoms with van der Waals surface area (Å²) in [5.41, 5.74) is 3.39. The van der Waals surface area contributed by atoms with E-state index in [0.717, 1.165) is 18.4 Å². The first-order valence-electron chi connectivity index (χ1n) is 10.1. The number of anilines is 1. The number of ether oxygens (including phenoxy) is 1. The van der Waals surface area contributed by atoms with E-state index in [1.54, 1.807) is 24.3 Å². The topological polar surface area (TPSA) is 67.4 Å². The summed E-state index contributed by atoms with van der Waals surface area (Å²) >= 11 is 0. The Morgan fingerprint density at radius 2 is 1.57 bits per heavy atom. The van der Waals surface area contributed by atoms with Gasteiger partial charge in [-0.2, -0.15) is 0 Å². The van der Waals surface area contributed by atoms with Crippen LogP contribution in [-0.2, 0) is 11.2 Å². The van der Waals surface area contributed by atoms with Gasteiger partial charge in [-0.15, -0.1) is 0 Å². The molecule has 0 heterocycles. The lowest BCUT2D eigenvalue weighted by atomic mass is 10.0. The van der Waals surface area contributed by atoms with Gasteiger partial charge in [-0.05, 0) is 47.9 Å². The SMILES string of the molecule is CCCNC(=O)c1ccc(NC(=O)COc2ccccc2Cc2ccccc2)cc1. The van der Waals surface area contributed by atoms with Crippen molar-refractivity contribution >= 4 is 17.5 Å². The second-order valence-electron chi connectivity index (χ2n) is 6.94. The van der Waals surface area contributed by atoms with Gasteiger partial charge in [-0.1, -0.05) is 55.5 Å². The van der Waals surface area contributed by atoms with E-state index in [4.69, 9.17) is 4.74 Å². The van der Waals surface area contributed by atoms with Crippen molar-refractivity contribution in [1.82, 2.24) is 5.32 Å². The normalized spacial score (nSPS) is 10.3. The molecule has 0 radical (unpaired) electrons. The predicted octanol–water partition coefficient (Wildman–Crippen LogP) is 4.43. The van der Waals surface area contributed by atoms with Crippen LogP contribution in [-0.4, -0.2) is 25.0 Å². The van der Waals surface area contributed by atoms with Crippen LogP contribution in [0.5, 0.6) is 5.75 Å². The standard InChI is InChI=1S/C25H26N2O3/c1-2-16-26-25(29)20-12-14-22(15-13-20)27-24(28)18-30-23-11-7-6-10-21(23)17-19-8-4-3-5-9-19/h3-15H,2,16-18H2,1H3,(H,26,29)(H,27,28). The number of benzene rings is 3. The van der Waals surface area contributed by atoms with Crippen molar-refractivity contribution in [3.05, 3.63) is 95.6 Å². The molecule has 0 saturated heterocycles. The predicted molar refractivity (Wildman–Crippen MR) is 119 cm³/mol. The van der Waals surface area contributed by atoms with Crippen LogP contribution in [0.4, 0.5) is 5.69 Å². The zero-order chi connectivity index (χ0) is 21.2. The number of hydrogen-bond donors (Lipinski definition) is 2. The zero-order valence-corrected chi connectivity index (χ0v) is 17.1. The Balaban J connectivity index is 1.54. The fraction of sp³-hybridized carbons (Fsp3) is 0.200. The molecule has 0 spiro atoms. The van der Waals surface area contributed by atoms with E-state index < -0.39 is 0 Å². The minimum Gasteiger partial charge on any atom is -0.483 e. The maximum atomic E-state index is 12.3. The van der Waals surface area contributed by atoms with Crippen molar-refractivity contribution < 1.29 is 14.3 Å². The van der Waals surface area contributed by atoms with E-state index in [1.165, 1.54) is 5.56 Å². The molecule has 0 atom stereocenters. The highest BCUT2D eigenvalue weighted by Crippen LogP contribution is 2.21. The molecule has 0 fully saturated rings. The molecular weight excluding hydrogens is 376 g/mol. The third kappa shape index (κ3) is 6.21. The molecule has 0 bridgehead atoms. The van der Waals surface area contributed by atoms with Gasteiger partial charge in [-0.3, -0.25) is 9.59 Å². The van der Waals surface area contributed by atoms with Crippen molar-refractivity contribution in [2.75, 3.05) is 18.5 Å². The van der Waals surface area contributed by atoms with Crippen molar-refractivity contribution in [3.8, 4) is 5.75 Å². The molecule has 2 amide bonds. The quantitative estimate of drug-likeness (QED) is 0.556. The lowest BCUT2D eigenvalue weighted by Gasteiger charge is -2.12. The molecule has 0 aliphatic carbocycles. The number of carbonyl (C=O) groups excluding carboxylic acids is 2. The van der Waals surface area contributed by atoms with Gasteiger partial charge in [0.15, 0.2) is 6.61 Å². The monoisotopic (exact) mass is 402 g/mol. The Hall–Kier alpha value is -3.60. The average Bonchev–Trinajstić information content (AvgIpc) is 2.78. The molecule has 3 aromatic rings. The molecule has 0 saturated carbocycles. The van der Waals surface area contributed by atoms with Crippen LogP contribution in [0.25, 0.3) is 0 Å². The molecule has 2 N–H and O–H groups in total. The Morgan fingerprint density at radius 3 is 2.30 bits per heavy atom. The Morgan fingerprint density at radius 1 is 0.867 bits per heavy atom. The fourth-order valence-electron chi connectivity index (χ4n) is 2.99. The number of hydrogen-bond acceptors (Lipinski definition) is 3. The molecule has 0 unspecified atom stereocenters. The van der Waals surface area contributed by atoms with Gasteiger partial charge in [0.2, 0.25) is 0 Å². The average molecular weight is 402 g/mol. The fourth-order valence-corrected chi connectivity index (χ4v) is 2.99. The van der Waals surface area contributed by atoms with E-state index >= 15 is 0 Å². The molecule has 3 aromatic carbocycles. The summed E-state index contributed by atoms with van der Waals surface area (Å²) in [5, 5.41) is 5.62. The van der Waals surface area contributed by atoms with Crippen LogP contribution in [0, 0.1) is 0 Å². The molecule has 0 aliphatic rings. The summed E-state index contributed by atoms with van der Waals surface area (Å²) in [4.78, 5) is 24.2. The van der Waals surface area contributed by atoms with Gasteiger partial charge in [0.25, 0.3) is 11.8 Å². The summed E-state index contributed by atoms with van der Waals surface area (Å²) in [6.07, 6.45) is 1.62. The van der Waals surface area contributed by atoms with Crippen LogP contribution < -0.4 is 15.4 Å². The van der Waals surface area contributed by atoms with Crippen LogP contribution in [0.15, 0.2) is 78.9 Å². The third-order valence-electron chi connectivity index (χ3n) is 4.54. The van der Waals surface area contributed by atoms with Crippen LogP contribution in [0.2, 0.25) is 0 Å². The molecule has 154 valence electrons. The Bertz CT molecular complexity index is 969. The summed E-state index contributed by atoms with van der Waals surface area (Å²) < 4.78 is 5.77. The van der Waals surface area contributed by atoms with Crippen LogP contribution in [0.1, 0.15) is 34.8 Å². The molecule has 0 aliphatic heterocycles. The second kappa shape index (κ2) is 10.8. The molecular formula is C25H26N2O3. The summed E-state index contributed by atoms with van der Waals surface area (Å²) in [5.74, 6) is 0.320. The number of carbonyl (C=O) groups is 2. The van der Waals surface area contributed by atoms with Gasteiger partial charge in [0.1, 0.15) is 5.75 Å². The van der Waals surface area contributed by atoms with Crippen LogP contribution >= 0.6 is 0 Å². The minimum atomic E-state index is -0.257. The van der Waals surface area contributed by atoms with Crippen molar-refractivity contribution in [3.63, 3.8) is 0 Å². The van der Waals surface area contributed by atoms with Gasteiger partial charge >= 0.3 is 0 Å². The first kappa shape index (κ1) is 21.1. The van der Waals surface area contributed by atoms with Crippen molar-refractivity contribution in [2.24, 2.45) is 0 Å². The van der Waals surface area contributed by atoms with Gasteiger partial charge < -0.3 is 15.4 Å². The van der Waals surface area contributed by atoms with Crippen LogP contribution in [0.3, 0.4) is 0 Å². The molecule has 30 heavy (non-hydrogen) atoms. The Kier molecular flexibility index (Phi) is 7.61. The van der Waals surface area contributed by atoms with Crippen molar-refractivity contribution in [2.45, 2.75) is 19.8 Å². The third-order valence-corrected chi connectivity index (χ3v) is 4.54. The number of para-hydroxylation sites is 1. The highest BCUT2D eigenvalue weighted by atomic mass is 16.5. The lowest BCUT2D eigenvalue weighted by Crippen LogP contribution is -2.24. The largest absolute Gasteiger partial charge is 0.483 e. The second-order valence-corrected chi connectivity index (χ2v) is 6.94. The lowest BCUT2D eigenvalue weighted by molar-refractivity contribution is -0.118. The molecule has 0 aromatic heterocycles. The van der Waals surface area contributed by atoms with Crippen molar-refractivity contribution in [1.29, 1.82) is 0 Å². The number of amides is 2. The number of rotatable bonds is 9. The molecule has 5 nitrogen and oxygen atoms in total.